The number of hydrogen-bond acceptors (Lipinski definition) is 5. The first kappa shape index (κ1) is 23.2. The number of hydrogen-bond donors (Lipinski definition) is 2. The highest BCUT2D eigenvalue weighted by Crippen LogP contribution is 2.28. The molecule has 2 N–H and O–H groups in total. The number of allylic oxidation sites excluding steroid dienone is 1. The second-order valence-electron chi connectivity index (χ2n) is 6.34. The van der Waals surface area contributed by atoms with Gasteiger partial charge in [0.05, 0.1) is 12.9 Å². The third-order valence-corrected chi connectivity index (χ3v) is 5.27. The van der Waals surface area contributed by atoms with Gasteiger partial charge in [0.1, 0.15) is 0 Å². The zero-order valence-corrected chi connectivity index (χ0v) is 17.9. The van der Waals surface area contributed by atoms with Gasteiger partial charge < -0.3 is 14.8 Å². The molecule has 0 spiro atoms. The summed E-state index contributed by atoms with van der Waals surface area (Å²) in [4.78, 5) is 12.2. The Balaban J connectivity index is 1.92. The van der Waals surface area contributed by atoms with E-state index in [4.69, 9.17) is 9.47 Å². The monoisotopic (exact) mass is 430 g/mol. The van der Waals surface area contributed by atoms with Crippen LogP contribution in [0.3, 0.4) is 0 Å². The molecule has 2 aromatic rings. The van der Waals surface area contributed by atoms with Gasteiger partial charge in [0.2, 0.25) is 10.0 Å². The van der Waals surface area contributed by atoms with Crippen LogP contribution < -0.4 is 19.5 Å². The van der Waals surface area contributed by atoms with Gasteiger partial charge in [-0.15, -0.1) is 6.58 Å². The summed E-state index contributed by atoms with van der Waals surface area (Å²) in [5, 5.41) is 2.71. The maximum atomic E-state index is 12.2. The molecule has 7 nitrogen and oxygen atoms in total. The van der Waals surface area contributed by atoms with E-state index < -0.39 is 10.0 Å². The smallest absolute Gasteiger partial charge is 0.262 e. The van der Waals surface area contributed by atoms with E-state index in [1.54, 1.807) is 30.3 Å². The molecule has 0 bridgehead atoms. The van der Waals surface area contributed by atoms with Crippen LogP contribution in [0.2, 0.25) is 0 Å². The number of carbonyl (C=O) groups is 1. The molecular weight excluding hydrogens is 404 g/mol. The van der Waals surface area contributed by atoms with Gasteiger partial charge in [-0.25, -0.2) is 13.1 Å². The highest BCUT2D eigenvalue weighted by Gasteiger charge is 2.11. The van der Waals surface area contributed by atoms with Crippen LogP contribution in [0.1, 0.15) is 18.1 Å². The molecule has 0 unspecified atom stereocenters. The number of anilines is 1. The second-order valence-corrected chi connectivity index (χ2v) is 8.15. The number of methoxy groups -OCH3 is 1. The van der Waals surface area contributed by atoms with Crippen LogP contribution >= 0.6 is 0 Å². The minimum Gasteiger partial charge on any atom is -0.493 e. The van der Waals surface area contributed by atoms with Crippen molar-refractivity contribution in [1.29, 1.82) is 0 Å². The highest BCUT2D eigenvalue weighted by molar-refractivity contribution is 7.88. The predicted molar refractivity (Wildman–Crippen MR) is 119 cm³/mol. The first-order valence-electron chi connectivity index (χ1n) is 9.27. The number of nitrogens with one attached hydrogen (secondary N) is 2. The molecule has 0 aliphatic heterocycles. The average molecular weight is 431 g/mol. The normalized spacial score (nSPS) is 11.3. The zero-order chi connectivity index (χ0) is 22.0. The maximum Gasteiger partial charge on any atom is 0.262 e. The number of benzene rings is 2. The fourth-order valence-electron chi connectivity index (χ4n) is 2.58. The first-order valence-corrected chi connectivity index (χ1v) is 10.9. The molecule has 0 aliphatic rings. The molecule has 0 fully saturated rings. The molecule has 2 rings (SSSR count). The largest absolute Gasteiger partial charge is 0.493 e. The van der Waals surface area contributed by atoms with Crippen molar-refractivity contribution in [1.82, 2.24) is 4.72 Å². The van der Waals surface area contributed by atoms with Crippen LogP contribution in [0.5, 0.6) is 11.5 Å². The van der Waals surface area contributed by atoms with Crippen molar-refractivity contribution in [3.8, 4) is 11.5 Å². The van der Waals surface area contributed by atoms with E-state index in [9.17, 15) is 13.2 Å². The van der Waals surface area contributed by atoms with E-state index in [0.717, 1.165) is 5.56 Å². The van der Waals surface area contributed by atoms with Gasteiger partial charge in [0, 0.05) is 12.2 Å². The number of amides is 1. The number of carbonyl (C=O) groups excluding carboxylic acids is 1. The summed E-state index contributed by atoms with van der Waals surface area (Å²) in [6, 6.07) is 12.0. The van der Waals surface area contributed by atoms with Crippen molar-refractivity contribution in [2.24, 2.45) is 0 Å². The van der Waals surface area contributed by atoms with Crippen LogP contribution in [-0.4, -0.2) is 34.6 Å². The van der Waals surface area contributed by atoms with Crippen molar-refractivity contribution in [3.05, 3.63) is 72.3 Å². The number of sulfonamides is 1. The van der Waals surface area contributed by atoms with Crippen molar-refractivity contribution in [2.75, 3.05) is 25.6 Å². The topological polar surface area (TPSA) is 93.7 Å². The number of ether oxygens (including phenoxy) is 2. The Morgan fingerprint density at radius 3 is 2.50 bits per heavy atom. The SMILES string of the molecule is C=CCNS(=O)(=O)Cc1ccc(NC(=O)COc2ccc(/C=C/C)cc2OC)cc1. The van der Waals surface area contributed by atoms with Gasteiger partial charge in [-0.3, -0.25) is 4.79 Å². The van der Waals surface area contributed by atoms with Crippen LogP contribution in [-0.2, 0) is 20.6 Å². The molecule has 0 aromatic heterocycles. The Bertz CT molecular complexity index is 999. The van der Waals surface area contributed by atoms with Crippen molar-refractivity contribution in [3.63, 3.8) is 0 Å². The molecule has 8 heteroatoms. The van der Waals surface area contributed by atoms with Crippen LogP contribution in [0, 0.1) is 0 Å². The minimum atomic E-state index is -3.43. The highest BCUT2D eigenvalue weighted by atomic mass is 32.2. The van der Waals surface area contributed by atoms with Crippen molar-refractivity contribution in [2.45, 2.75) is 12.7 Å². The van der Waals surface area contributed by atoms with Crippen LogP contribution in [0.4, 0.5) is 5.69 Å². The standard InChI is InChI=1S/C22H26N2O5S/c1-4-6-17-9-12-20(21(14-17)28-3)29-15-22(25)24-19-10-7-18(8-11-19)16-30(26,27)23-13-5-2/h4-12,14,23H,2,13,15-16H2,1,3H3,(H,24,25)/b6-4+. The third-order valence-electron chi connectivity index (χ3n) is 3.95. The summed E-state index contributed by atoms with van der Waals surface area (Å²) in [5.41, 5.74) is 2.11. The number of rotatable bonds is 11. The Morgan fingerprint density at radius 1 is 1.13 bits per heavy atom. The average Bonchev–Trinajstić information content (AvgIpc) is 2.72. The predicted octanol–water partition coefficient (Wildman–Crippen LogP) is 3.35. The van der Waals surface area contributed by atoms with E-state index in [2.05, 4.69) is 16.6 Å². The van der Waals surface area contributed by atoms with Crippen molar-refractivity contribution >= 4 is 27.7 Å². The molecular formula is C22H26N2O5S. The Morgan fingerprint density at radius 2 is 1.87 bits per heavy atom. The fourth-order valence-corrected chi connectivity index (χ4v) is 3.69. The van der Waals surface area contributed by atoms with Gasteiger partial charge in [-0.1, -0.05) is 36.4 Å². The molecule has 1 amide bonds. The van der Waals surface area contributed by atoms with Gasteiger partial charge >= 0.3 is 0 Å². The first-order chi connectivity index (χ1) is 14.4. The van der Waals surface area contributed by atoms with E-state index in [1.807, 2.05) is 31.2 Å². The molecule has 0 aliphatic carbocycles. The van der Waals surface area contributed by atoms with E-state index in [0.29, 0.717) is 22.7 Å². The molecule has 0 radical (unpaired) electrons. The molecule has 2 aromatic carbocycles. The summed E-state index contributed by atoms with van der Waals surface area (Å²) in [5.74, 6) is 0.506. The second kappa shape index (κ2) is 11.2. The lowest BCUT2D eigenvalue weighted by Crippen LogP contribution is -2.25. The Kier molecular flexibility index (Phi) is 8.64. The summed E-state index contributed by atoms with van der Waals surface area (Å²) in [6.07, 6.45) is 5.33. The van der Waals surface area contributed by atoms with Crippen molar-refractivity contribution < 1.29 is 22.7 Å². The van der Waals surface area contributed by atoms with Gasteiger partial charge in [-0.2, -0.15) is 0 Å². The molecule has 0 saturated carbocycles. The molecule has 30 heavy (non-hydrogen) atoms. The Hall–Kier alpha value is -3.10. The van der Waals surface area contributed by atoms with E-state index >= 15 is 0 Å². The minimum absolute atomic E-state index is 0.152. The third kappa shape index (κ3) is 7.38. The summed E-state index contributed by atoms with van der Waals surface area (Å²) in [7, 11) is -1.89. The quantitative estimate of drug-likeness (QED) is 0.533. The lowest BCUT2D eigenvalue weighted by molar-refractivity contribution is -0.118. The Labute approximate surface area is 177 Å². The van der Waals surface area contributed by atoms with E-state index in [1.165, 1.54) is 13.2 Å². The lowest BCUT2D eigenvalue weighted by Gasteiger charge is -2.12. The molecule has 0 saturated heterocycles. The maximum absolute atomic E-state index is 12.2. The van der Waals surface area contributed by atoms with Gasteiger partial charge in [0.25, 0.3) is 5.91 Å². The lowest BCUT2D eigenvalue weighted by atomic mass is 10.2. The van der Waals surface area contributed by atoms with E-state index in [-0.39, 0.29) is 24.8 Å². The van der Waals surface area contributed by atoms with Gasteiger partial charge in [0.15, 0.2) is 18.1 Å². The molecule has 0 heterocycles. The summed E-state index contributed by atoms with van der Waals surface area (Å²) in [6.45, 7) is 5.39. The fraction of sp³-hybridized carbons (Fsp3) is 0.227. The summed E-state index contributed by atoms with van der Waals surface area (Å²) < 4.78 is 37.1. The summed E-state index contributed by atoms with van der Waals surface area (Å²) >= 11 is 0. The zero-order valence-electron chi connectivity index (χ0n) is 17.1. The van der Waals surface area contributed by atoms with Gasteiger partial charge in [-0.05, 0) is 42.3 Å². The molecule has 160 valence electrons. The molecule has 0 atom stereocenters. The van der Waals surface area contributed by atoms with Crippen LogP contribution in [0.15, 0.2) is 61.2 Å². The van der Waals surface area contributed by atoms with Crippen LogP contribution in [0.25, 0.3) is 6.08 Å².